The number of alkyl halides is 3. The van der Waals surface area contributed by atoms with Crippen LogP contribution in [-0.2, 0) is 26.9 Å². The Kier molecular flexibility index (Phi) is 6.44. The van der Waals surface area contributed by atoms with Crippen molar-refractivity contribution in [3.8, 4) is 5.75 Å². The Morgan fingerprint density at radius 3 is 2.30 bits per heavy atom. The summed E-state index contributed by atoms with van der Waals surface area (Å²) in [6.07, 6.45) is -5.95. The molecule has 27 heavy (non-hydrogen) atoms. The molecule has 2 aromatic carbocycles. The third kappa shape index (κ3) is 5.73. The van der Waals surface area contributed by atoms with Gasteiger partial charge in [0, 0.05) is 0 Å². The van der Waals surface area contributed by atoms with Gasteiger partial charge in [0.25, 0.3) is 5.91 Å². The first-order chi connectivity index (χ1) is 12.7. The van der Waals surface area contributed by atoms with Crippen LogP contribution in [0.15, 0.2) is 48.5 Å². The number of carbonyl (C=O) groups is 2. The van der Waals surface area contributed by atoms with Gasteiger partial charge in [-0.15, -0.1) is 0 Å². The van der Waals surface area contributed by atoms with E-state index in [0.717, 1.165) is 12.1 Å². The maximum absolute atomic E-state index is 13.0. The van der Waals surface area contributed by atoms with Crippen molar-refractivity contribution < 1.29 is 32.2 Å². The van der Waals surface area contributed by atoms with E-state index in [1.165, 1.54) is 26.2 Å². The zero-order valence-corrected chi connectivity index (χ0v) is 14.7. The van der Waals surface area contributed by atoms with Gasteiger partial charge in [-0.2, -0.15) is 13.2 Å². The summed E-state index contributed by atoms with van der Waals surface area (Å²) in [6, 6.07) is 11.3. The molecular weight excluding hydrogens is 363 g/mol. The van der Waals surface area contributed by atoms with Crippen molar-refractivity contribution in [1.82, 2.24) is 0 Å². The summed E-state index contributed by atoms with van der Waals surface area (Å²) < 4.78 is 48.9. The highest BCUT2D eigenvalue weighted by Crippen LogP contribution is 2.34. The standard InChI is InChI=1S/C19H18F3NO4/c1-12(27-17(24)11-13-7-9-14(26-2)10-8-13)18(25)23-16-6-4-3-5-15(16)19(20,21)22/h3-10,12H,11H2,1-2H3,(H,23,25). The van der Waals surface area contributed by atoms with Crippen LogP contribution in [0.25, 0.3) is 0 Å². The van der Waals surface area contributed by atoms with Crippen LogP contribution >= 0.6 is 0 Å². The monoisotopic (exact) mass is 381 g/mol. The molecule has 2 aromatic rings. The highest BCUT2D eigenvalue weighted by Gasteiger charge is 2.34. The molecule has 0 saturated carbocycles. The topological polar surface area (TPSA) is 64.6 Å². The van der Waals surface area contributed by atoms with Gasteiger partial charge >= 0.3 is 12.1 Å². The molecule has 0 aliphatic carbocycles. The number of methoxy groups -OCH3 is 1. The largest absolute Gasteiger partial charge is 0.497 e. The third-order valence-electron chi connectivity index (χ3n) is 3.68. The minimum atomic E-state index is -4.61. The normalized spacial score (nSPS) is 12.2. The Balaban J connectivity index is 1.96. The Labute approximate surface area is 154 Å². The molecule has 0 heterocycles. The first kappa shape index (κ1) is 20.3. The SMILES string of the molecule is COc1ccc(CC(=O)OC(C)C(=O)Nc2ccccc2C(F)(F)F)cc1. The number of carbonyl (C=O) groups excluding carboxylic acids is 2. The molecule has 1 unspecified atom stereocenters. The number of anilines is 1. The fourth-order valence-electron chi connectivity index (χ4n) is 2.28. The molecule has 0 spiro atoms. The number of hydrogen-bond donors (Lipinski definition) is 1. The molecule has 0 bridgehead atoms. The molecule has 2 rings (SSSR count). The summed E-state index contributed by atoms with van der Waals surface area (Å²) in [5, 5.41) is 2.15. The van der Waals surface area contributed by atoms with Crippen LogP contribution in [0.5, 0.6) is 5.75 Å². The zero-order valence-electron chi connectivity index (χ0n) is 14.7. The highest BCUT2D eigenvalue weighted by atomic mass is 19.4. The molecule has 8 heteroatoms. The summed E-state index contributed by atoms with van der Waals surface area (Å²) in [5.41, 5.74) is -0.723. The van der Waals surface area contributed by atoms with Crippen LogP contribution in [0.3, 0.4) is 0 Å². The number of nitrogens with one attached hydrogen (secondary N) is 1. The fraction of sp³-hybridized carbons (Fsp3) is 0.263. The number of halogens is 3. The van der Waals surface area contributed by atoms with Crippen LogP contribution in [0.2, 0.25) is 0 Å². The maximum atomic E-state index is 13.0. The van der Waals surface area contributed by atoms with Crippen molar-refractivity contribution in [2.45, 2.75) is 25.6 Å². The number of para-hydroxylation sites is 1. The van der Waals surface area contributed by atoms with Gasteiger partial charge in [0.2, 0.25) is 0 Å². The van der Waals surface area contributed by atoms with Crippen molar-refractivity contribution in [1.29, 1.82) is 0 Å². The molecule has 1 amide bonds. The first-order valence-corrected chi connectivity index (χ1v) is 8.00. The van der Waals surface area contributed by atoms with Crippen molar-refractivity contribution in [3.63, 3.8) is 0 Å². The molecular formula is C19H18F3NO4. The number of esters is 1. The van der Waals surface area contributed by atoms with Crippen LogP contribution in [-0.4, -0.2) is 25.1 Å². The number of hydrogen-bond acceptors (Lipinski definition) is 4. The van der Waals surface area contributed by atoms with E-state index in [2.05, 4.69) is 5.32 Å². The first-order valence-electron chi connectivity index (χ1n) is 8.00. The van der Waals surface area contributed by atoms with Gasteiger partial charge in [0.05, 0.1) is 24.8 Å². The second kappa shape index (κ2) is 8.57. The Bertz CT molecular complexity index is 803. The van der Waals surface area contributed by atoms with E-state index in [4.69, 9.17) is 9.47 Å². The van der Waals surface area contributed by atoms with Crippen molar-refractivity contribution in [3.05, 3.63) is 59.7 Å². The average Bonchev–Trinajstić information content (AvgIpc) is 2.61. The molecule has 1 atom stereocenters. The molecule has 5 nitrogen and oxygen atoms in total. The summed E-state index contributed by atoms with van der Waals surface area (Å²) in [6.45, 7) is 1.29. The van der Waals surface area contributed by atoms with E-state index in [-0.39, 0.29) is 6.42 Å². The van der Waals surface area contributed by atoms with E-state index in [0.29, 0.717) is 11.3 Å². The minimum absolute atomic E-state index is 0.0826. The molecule has 0 aromatic heterocycles. The molecule has 0 radical (unpaired) electrons. The Morgan fingerprint density at radius 1 is 1.07 bits per heavy atom. The predicted molar refractivity (Wildman–Crippen MR) is 92.3 cm³/mol. The van der Waals surface area contributed by atoms with Crippen molar-refractivity contribution >= 4 is 17.6 Å². The molecule has 0 aliphatic rings. The fourth-order valence-corrected chi connectivity index (χ4v) is 2.28. The maximum Gasteiger partial charge on any atom is 0.418 e. The summed E-state index contributed by atoms with van der Waals surface area (Å²) in [5.74, 6) is -0.898. The van der Waals surface area contributed by atoms with E-state index in [1.807, 2.05) is 0 Å². The van der Waals surface area contributed by atoms with Gasteiger partial charge in [0.15, 0.2) is 6.10 Å². The Morgan fingerprint density at radius 2 is 1.70 bits per heavy atom. The van der Waals surface area contributed by atoms with Crippen molar-refractivity contribution in [2.24, 2.45) is 0 Å². The Hall–Kier alpha value is -3.03. The summed E-state index contributed by atoms with van der Waals surface area (Å²) >= 11 is 0. The third-order valence-corrected chi connectivity index (χ3v) is 3.68. The van der Waals surface area contributed by atoms with Gasteiger partial charge in [-0.1, -0.05) is 24.3 Å². The lowest BCUT2D eigenvalue weighted by atomic mass is 10.1. The summed E-state index contributed by atoms with van der Waals surface area (Å²) in [4.78, 5) is 24.0. The van der Waals surface area contributed by atoms with E-state index < -0.39 is 35.4 Å². The van der Waals surface area contributed by atoms with Crippen LogP contribution < -0.4 is 10.1 Å². The quantitative estimate of drug-likeness (QED) is 0.773. The summed E-state index contributed by atoms with van der Waals surface area (Å²) in [7, 11) is 1.51. The number of benzene rings is 2. The molecule has 0 saturated heterocycles. The van der Waals surface area contributed by atoms with Gasteiger partial charge < -0.3 is 14.8 Å². The number of amides is 1. The smallest absolute Gasteiger partial charge is 0.418 e. The molecule has 1 N–H and O–H groups in total. The second-order valence-corrected chi connectivity index (χ2v) is 5.69. The highest BCUT2D eigenvalue weighted by molar-refractivity contribution is 5.95. The van der Waals surface area contributed by atoms with Gasteiger partial charge in [-0.25, -0.2) is 0 Å². The number of rotatable bonds is 6. The van der Waals surface area contributed by atoms with Crippen LogP contribution in [0, 0.1) is 0 Å². The van der Waals surface area contributed by atoms with E-state index in [1.54, 1.807) is 24.3 Å². The van der Waals surface area contributed by atoms with Gasteiger partial charge in [-0.05, 0) is 36.8 Å². The minimum Gasteiger partial charge on any atom is -0.497 e. The van der Waals surface area contributed by atoms with Crippen molar-refractivity contribution in [2.75, 3.05) is 12.4 Å². The number of ether oxygens (including phenoxy) is 2. The zero-order chi connectivity index (χ0) is 20.0. The van der Waals surface area contributed by atoms with E-state index >= 15 is 0 Å². The second-order valence-electron chi connectivity index (χ2n) is 5.69. The van der Waals surface area contributed by atoms with Gasteiger partial charge in [-0.3, -0.25) is 9.59 Å². The lowest BCUT2D eigenvalue weighted by molar-refractivity contribution is -0.152. The molecule has 0 fully saturated rings. The van der Waals surface area contributed by atoms with Gasteiger partial charge in [0.1, 0.15) is 5.75 Å². The lowest BCUT2D eigenvalue weighted by Gasteiger charge is -2.17. The van der Waals surface area contributed by atoms with Crippen LogP contribution in [0.1, 0.15) is 18.1 Å². The van der Waals surface area contributed by atoms with E-state index in [9.17, 15) is 22.8 Å². The lowest BCUT2D eigenvalue weighted by Crippen LogP contribution is -2.31. The molecule has 144 valence electrons. The average molecular weight is 381 g/mol. The van der Waals surface area contributed by atoms with Crippen LogP contribution in [0.4, 0.5) is 18.9 Å². The molecule has 0 aliphatic heterocycles. The predicted octanol–water partition coefficient (Wildman–Crippen LogP) is 3.83.